The molecule has 0 aliphatic heterocycles. The van der Waals surface area contributed by atoms with Gasteiger partial charge in [-0.1, -0.05) is 88.7 Å². The summed E-state index contributed by atoms with van der Waals surface area (Å²) in [6.45, 7) is -0.729. The summed E-state index contributed by atoms with van der Waals surface area (Å²) < 4.78 is 2.85. The number of hydrogen-bond donors (Lipinski definition) is 4. The molecule has 0 saturated carbocycles. The Morgan fingerprint density at radius 1 is 0.718 bits per heavy atom. The van der Waals surface area contributed by atoms with Gasteiger partial charge in [-0.3, -0.25) is 9.97 Å². The minimum absolute atomic E-state index is 0.365. The number of nitrogens with zero attached hydrogens (tertiary/aromatic N) is 2. The van der Waals surface area contributed by atoms with E-state index in [0.717, 1.165) is 40.2 Å². The molecule has 2 aromatic heterocycles. The smallest absolute Gasteiger partial charge is 0.100 e. The second-order valence-electron chi connectivity index (χ2n) is 7.64. The predicted octanol–water partition coefficient (Wildman–Crippen LogP) is 8.32. The second-order valence-corrected chi connectivity index (χ2v) is 11.6. The lowest BCUT2D eigenvalue weighted by Gasteiger charge is -1.99. The van der Waals surface area contributed by atoms with Crippen molar-refractivity contribution in [1.29, 1.82) is 0 Å². The average molecular weight is 784 g/mol. The highest BCUT2D eigenvalue weighted by Crippen LogP contribution is 2.27. The van der Waals surface area contributed by atoms with E-state index in [1.54, 1.807) is 30.6 Å². The quantitative estimate of drug-likeness (QED) is 0.134. The average Bonchev–Trinajstić information content (AvgIpc) is 2.88. The zero-order valence-electron chi connectivity index (χ0n) is 20.1. The molecule has 0 spiro atoms. The lowest BCUT2D eigenvalue weighted by atomic mass is 10.2. The molecular weight excluding hydrogens is 760 g/mol. The molecule has 39 heavy (non-hydrogen) atoms. The molecule has 5 rings (SSSR count). The van der Waals surface area contributed by atoms with E-state index in [1.807, 2.05) is 48.5 Å². The normalized spacial score (nSPS) is 10.2. The van der Waals surface area contributed by atoms with Gasteiger partial charge in [0.2, 0.25) is 0 Å². The van der Waals surface area contributed by atoms with Crippen molar-refractivity contribution < 1.29 is 15.3 Å². The number of aliphatic hydroxyl groups excluding tert-OH is 3. The first-order valence-corrected chi connectivity index (χ1v) is 14.6. The summed E-state index contributed by atoms with van der Waals surface area (Å²) in [6, 6.07) is 20.6. The first-order valence-electron chi connectivity index (χ1n) is 11.0. The van der Waals surface area contributed by atoms with Crippen molar-refractivity contribution in [2.24, 2.45) is 0 Å². The van der Waals surface area contributed by atoms with Crippen LogP contribution in [0.3, 0.4) is 0 Å². The van der Waals surface area contributed by atoms with Crippen LogP contribution in [0, 0.1) is 0 Å². The van der Waals surface area contributed by atoms with Crippen molar-refractivity contribution in [3.8, 4) is 0 Å². The molecule has 206 valence electrons. The van der Waals surface area contributed by atoms with Crippen LogP contribution in [0.25, 0.3) is 21.8 Å². The topological polar surface area (TPSA) is 112 Å². The van der Waals surface area contributed by atoms with E-state index in [0.29, 0.717) is 15.7 Å². The summed E-state index contributed by atoms with van der Waals surface area (Å²) in [5.74, 6) is 0. The second kappa shape index (κ2) is 17.3. The van der Waals surface area contributed by atoms with Crippen molar-refractivity contribution in [2.75, 3.05) is 18.9 Å². The molecule has 0 atom stereocenters. The fraction of sp³-hybridized carbons (Fsp3) is 0.111. The number of rotatable bonds is 2. The highest BCUT2D eigenvalue weighted by molar-refractivity contribution is 9.11. The third-order valence-electron chi connectivity index (χ3n) is 4.58. The Labute approximate surface area is 266 Å². The van der Waals surface area contributed by atoms with Gasteiger partial charge in [-0.2, -0.15) is 0 Å². The Kier molecular flexibility index (Phi) is 15.0. The first kappa shape index (κ1) is 33.7. The van der Waals surface area contributed by atoms with Crippen LogP contribution in [0.1, 0.15) is 0 Å². The van der Waals surface area contributed by atoms with Gasteiger partial charge in [-0.05, 0) is 60.7 Å². The van der Waals surface area contributed by atoms with Crippen LogP contribution in [0.4, 0.5) is 5.69 Å². The molecule has 0 bridgehead atoms. The van der Waals surface area contributed by atoms with Crippen molar-refractivity contribution in [3.05, 3.63) is 108 Å². The zero-order chi connectivity index (χ0) is 28.9. The molecule has 0 fully saturated rings. The molecule has 0 radical (unpaired) electrons. The summed E-state index contributed by atoms with van der Waals surface area (Å²) in [4.78, 5) is 8.38. The van der Waals surface area contributed by atoms with Gasteiger partial charge in [0.25, 0.3) is 0 Å². The van der Waals surface area contributed by atoms with E-state index < -0.39 is 6.10 Å². The van der Waals surface area contributed by atoms with E-state index in [-0.39, 0.29) is 13.2 Å². The minimum Gasteiger partial charge on any atom is -0.399 e. The Bertz CT molecular complexity index is 1380. The molecule has 0 unspecified atom stereocenters. The van der Waals surface area contributed by atoms with Crippen LogP contribution in [0.2, 0.25) is 15.1 Å². The van der Waals surface area contributed by atoms with Crippen LogP contribution >= 0.6 is 82.6 Å². The Balaban J connectivity index is 0.000000189. The van der Waals surface area contributed by atoms with E-state index in [9.17, 15) is 0 Å². The van der Waals surface area contributed by atoms with Crippen LogP contribution in [0.5, 0.6) is 0 Å². The monoisotopic (exact) mass is 779 g/mol. The maximum atomic E-state index is 8.17. The van der Waals surface area contributed by atoms with Crippen molar-refractivity contribution in [1.82, 2.24) is 9.97 Å². The summed E-state index contributed by atoms with van der Waals surface area (Å²) in [5.41, 5.74) is 7.95. The van der Waals surface area contributed by atoms with E-state index in [1.165, 1.54) is 0 Å². The standard InChI is InChI=1S/2C9H5BrClN.C6H5BrClN.C3H8O3/c10-8-4-6(11)5-9-7(8)2-1-3-12-9;10-6-4-8(11)7-2-1-3-12-9(7)5-6;7-4-1-5(8)3-6(9)2-4;4-1-3(6)2-5/h2*1-5H;1-3H,9H2;3-6H,1-2H2. The Morgan fingerprint density at radius 3 is 1.79 bits per heavy atom. The summed E-state index contributed by atoms with van der Waals surface area (Å²) >= 11 is 27.5. The number of nitrogens with two attached hydrogens (primary N) is 1. The summed E-state index contributed by atoms with van der Waals surface area (Å²) in [7, 11) is 0. The number of fused-ring (bicyclic) bond motifs is 2. The van der Waals surface area contributed by atoms with Gasteiger partial charge < -0.3 is 21.1 Å². The number of aromatic nitrogens is 2. The van der Waals surface area contributed by atoms with Crippen LogP contribution < -0.4 is 5.73 Å². The molecule has 6 nitrogen and oxygen atoms in total. The van der Waals surface area contributed by atoms with Gasteiger partial charge >= 0.3 is 0 Å². The Hall–Kier alpha value is -1.53. The van der Waals surface area contributed by atoms with Crippen LogP contribution in [-0.2, 0) is 0 Å². The largest absolute Gasteiger partial charge is 0.399 e. The molecule has 0 aliphatic rings. The minimum atomic E-state index is -0.954. The van der Waals surface area contributed by atoms with Crippen molar-refractivity contribution in [2.45, 2.75) is 6.10 Å². The predicted molar refractivity (Wildman–Crippen MR) is 173 cm³/mol. The number of benzene rings is 3. The maximum Gasteiger partial charge on any atom is 0.100 e. The van der Waals surface area contributed by atoms with Gasteiger partial charge in [0.05, 0.1) is 29.3 Å². The molecule has 0 amide bonds. The first-order chi connectivity index (χ1) is 18.5. The molecule has 12 heteroatoms. The maximum absolute atomic E-state index is 8.17. The SMILES string of the molecule is Clc1cc(Br)c2cccnc2c1.Clc1cc(Br)cc2ncccc12.Nc1cc(Cl)cc(Br)c1.OCC(O)CO. The number of nitrogen functional groups attached to an aromatic ring is 1. The van der Waals surface area contributed by atoms with Gasteiger partial charge in [-0.15, -0.1) is 0 Å². The highest BCUT2D eigenvalue weighted by Gasteiger charge is 2.01. The number of hydrogen-bond acceptors (Lipinski definition) is 6. The molecular formula is C27H23Br3Cl3N3O3. The number of pyridine rings is 2. The molecule has 0 aliphatic carbocycles. The van der Waals surface area contributed by atoms with Crippen LogP contribution in [0.15, 0.2) is 92.5 Å². The lowest BCUT2D eigenvalue weighted by Crippen LogP contribution is -2.15. The van der Waals surface area contributed by atoms with E-state index in [4.69, 9.17) is 55.9 Å². The van der Waals surface area contributed by atoms with Gasteiger partial charge in [0, 0.05) is 52.3 Å². The molecule has 3 aromatic carbocycles. The number of aliphatic hydroxyl groups is 3. The van der Waals surface area contributed by atoms with Crippen LogP contribution in [-0.4, -0.2) is 44.6 Å². The van der Waals surface area contributed by atoms with Gasteiger partial charge in [0.1, 0.15) is 6.10 Å². The van der Waals surface area contributed by atoms with Gasteiger partial charge in [0.15, 0.2) is 0 Å². The summed E-state index contributed by atoms with van der Waals surface area (Å²) in [5, 5.41) is 28.2. The third kappa shape index (κ3) is 11.9. The number of anilines is 1. The zero-order valence-corrected chi connectivity index (χ0v) is 27.1. The molecule has 5 aromatic rings. The third-order valence-corrected chi connectivity index (χ3v) is 6.90. The highest BCUT2D eigenvalue weighted by atomic mass is 79.9. The fourth-order valence-electron chi connectivity index (χ4n) is 2.84. The molecule has 5 N–H and O–H groups in total. The molecule has 0 saturated heterocycles. The number of halogens is 6. The van der Waals surface area contributed by atoms with E-state index >= 15 is 0 Å². The van der Waals surface area contributed by atoms with E-state index in [2.05, 4.69) is 57.8 Å². The lowest BCUT2D eigenvalue weighted by molar-refractivity contribution is 0.0450. The summed E-state index contributed by atoms with van der Waals surface area (Å²) in [6.07, 6.45) is 2.56. The van der Waals surface area contributed by atoms with Gasteiger partial charge in [-0.25, -0.2) is 0 Å². The fourth-order valence-corrected chi connectivity index (χ4v) is 5.51. The Morgan fingerprint density at radius 2 is 1.26 bits per heavy atom. The molecule has 2 heterocycles. The van der Waals surface area contributed by atoms with Crippen molar-refractivity contribution >= 4 is 110 Å². The van der Waals surface area contributed by atoms with Crippen molar-refractivity contribution in [3.63, 3.8) is 0 Å².